The molecule has 0 atom stereocenters. The highest BCUT2D eigenvalue weighted by Gasteiger charge is 2.27. The van der Waals surface area contributed by atoms with Gasteiger partial charge in [0.2, 0.25) is 0 Å². The smallest absolute Gasteiger partial charge is 0.254 e. The van der Waals surface area contributed by atoms with Gasteiger partial charge in [-0.3, -0.25) is 4.79 Å². The number of hydrogen-bond donors (Lipinski definition) is 1. The van der Waals surface area contributed by atoms with Crippen molar-refractivity contribution in [2.75, 3.05) is 6.54 Å². The number of carbonyl (C=O) groups excluding carboxylic acids is 1. The van der Waals surface area contributed by atoms with Crippen molar-refractivity contribution in [1.82, 2.24) is 4.90 Å². The van der Waals surface area contributed by atoms with Gasteiger partial charge in [-0.2, -0.15) is 0 Å². The van der Waals surface area contributed by atoms with Crippen LogP contribution in [0, 0.1) is 5.92 Å². The highest BCUT2D eigenvalue weighted by molar-refractivity contribution is 7.80. The average molecular weight is 277 g/mol. The van der Waals surface area contributed by atoms with Gasteiger partial charge in [0.05, 0.1) is 0 Å². The Morgan fingerprint density at radius 2 is 2.05 bits per heavy atom. The Morgan fingerprint density at radius 1 is 1.37 bits per heavy atom. The number of benzene rings is 1. The minimum Gasteiger partial charge on any atom is -0.335 e. The molecule has 1 aliphatic carbocycles. The molecule has 2 nitrogen and oxygen atoms in total. The molecule has 1 aromatic rings. The monoisotopic (exact) mass is 277 g/mol. The van der Waals surface area contributed by atoms with Gasteiger partial charge in [0.15, 0.2) is 0 Å². The summed E-state index contributed by atoms with van der Waals surface area (Å²) in [7, 11) is 0. The van der Waals surface area contributed by atoms with Gasteiger partial charge in [-0.1, -0.05) is 32.8 Å². The zero-order chi connectivity index (χ0) is 13.8. The van der Waals surface area contributed by atoms with E-state index in [1.54, 1.807) is 0 Å². The highest BCUT2D eigenvalue weighted by Crippen LogP contribution is 2.26. The normalized spacial score (nSPS) is 16.0. The second-order valence-electron chi connectivity index (χ2n) is 5.84. The van der Waals surface area contributed by atoms with Crippen molar-refractivity contribution in [2.24, 2.45) is 5.92 Å². The summed E-state index contributed by atoms with van der Waals surface area (Å²) in [6.45, 7) is 5.19. The molecule has 0 spiro atoms. The third-order valence-electron chi connectivity index (χ3n) is 3.68. The van der Waals surface area contributed by atoms with Crippen molar-refractivity contribution in [3.8, 4) is 0 Å². The predicted molar refractivity (Wildman–Crippen MR) is 81.8 cm³/mol. The molecule has 0 radical (unpaired) electrons. The van der Waals surface area contributed by atoms with E-state index in [4.69, 9.17) is 0 Å². The molecule has 0 N–H and O–H groups in total. The lowest BCUT2D eigenvalue weighted by molar-refractivity contribution is 0.0655. The fourth-order valence-corrected chi connectivity index (χ4v) is 3.04. The fraction of sp³-hybridized carbons (Fsp3) is 0.562. The molecule has 0 aliphatic heterocycles. The molecule has 1 aliphatic rings. The van der Waals surface area contributed by atoms with E-state index in [-0.39, 0.29) is 5.91 Å². The minimum absolute atomic E-state index is 0.163. The summed E-state index contributed by atoms with van der Waals surface area (Å²) in [5, 5.41) is 0. The number of thiol groups is 1. The zero-order valence-electron chi connectivity index (χ0n) is 11.8. The molecule has 0 heterocycles. The number of rotatable bonds is 4. The van der Waals surface area contributed by atoms with E-state index in [1.165, 1.54) is 12.8 Å². The minimum atomic E-state index is 0.163. The summed E-state index contributed by atoms with van der Waals surface area (Å²) in [4.78, 5) is 15.6. The lowest BCUT2D eigenvalue weighted by atomic mass is 10.1. The fourth-order valence-electron chi connectivity index (χ4n) is 2.81. The molecule has 0 unspecified atom stereocenters. The van der Waals surface area contributed by atoms with E-state index < -0.39 is 0 Å². The first-order valence-electron chi connectivity index (χ1n) is 7.18. The molecular weight excluding hydrogens is 254 g/mol. The first-order chi connectivity index (χ1) is 9.08. The maximum absolute atomic E-state index is 12.7. The maximum Gasteiger partial charge on any atom is 0.254 e. The Labute approximate surface area is 121 Å². The summed E-state index contributed by atoms with van der Waals surface area (Å²) >= 11 is 4.33. The average Bonchev–Trinajstić information content (AvgIpc) is 2.88. The summed E-state index contributed by atoms with van der Waals surface area (Å²) < 4.78 is 0. The zero-order valence-corrected chi connectivity index (χ0v) is 12.7. The van der Waals surface area contributed by atoms with E-state index in [1.807, 2.05) is 24.3 Å². The number of carbonyl (C=O) groups is 1. The Morgan fingerprint density at radius 3 is 2.63 bits per heavy atom. The van der Waals surface area contributed by atoms with Gasteiger partial charge >= 0.3 is 0 Å². The van der Waals surface area contributed by atoms with E-state index in [0.29, 0.717) is 12.0 Å². The Kier molecular flexibility index (Phi) is 4.92. The summed E-state index contributed by atoms with van der Waals surface area (Å²) in [5.74, 6) is 0.667. The largest absolute Gasteiger partial charge is 0.335 e. The van der Waals surface area contributed by atoms with E-state index in [0.717, 1.165) is 29.8 Å². The third-order valence-corrected chi connectivity index (χ3v) is 3.96. The van der Waals surface area contributed by atoms with Crippen molar-refractivity contribution in [1.29, 1.82) is 0 Å². The molecule has 1 aromatic carbocycles. The molecule has 0 aromatic heterocycles. The van der Waals surface area contributed by atoms with Gasteiger partial charge in [-0.25, -0.2) is 0 Å². The topological polar surface area (TPSA) is 20.3 Å². The van der Waals surface area contributed by atoms with Crippen LogP contribution in [0.2, 0.25) is 0 Å². The highest BCUT2D eigenvalue weighted by atomic mass is 32.1. The summed E-state index contributed by atoms with van der Waals surface area (Å²) in [6, 6.07) is 8.00. The van der Waals surface area contributed by atoms with Crippen molar-refractivity contribution in [2.45, 2.75) is 50.5 Å². The van der Waals surface area contributed by atoms with Crippen LogP contribution in [-0.4, -0.2) is 23.4 Å². The van der Waals surface area contributed by atoms with Crippen LogP contribution < -0.4 is 0 Å². The Hall–Kier alpha value is -0.960. The van der Waals surface area contributed by atoms with Crippen LogP contribution in [0.15, 0.2) is 29.2 Å². The second-order valence-corrected chi connectivity index (χ2v) is 6.36. The van der Waals surface area contributed by atoms with Crippen molar-refractivity contribution < 1.29 is 4.79 Å². The molecule has 1 saturated carbocycles. The summed E-state index contributed by atoms with van der Waals surface area (Å²) in [6.07, 6.45) is 4.80. The lowest BCUT2D eigenvalue weighted by Gasteiger charge is -2.30. The van der Waals surface area contributed by atoms with Gasteiger partial charge in [0, 0.05) is 23.0 Å². The van der Waals surface area contributed by atoms with Crippen LogP contribution in [-0.2, 0) is 0 Å². The SMILES string of the molecule is CC(C)CN(C(=O)c1cccc(S)c1)C1CCCC1. The standard InChI is InChI=1S/C16H23NOS/c1-12(2)11-17(14-7-3-4-8-14)16(18)13-6-5-9-15(19)10-13/h5-6,9-10,12,14,19H,3-4,7-8,11H2,1-2H3. The van der Waals surface area contributed by atoms with E-state index in [2.05, 4.69) is 31.4 Å². The number of nitrogens with zero attached hydrogens (tertiary/aromatic N) is 1. The lowest BCUT2D eigenvalue weighted by Crippen LogP contribution is -2.41. The Balaban J connectivity index is 2.19. The van der Waals surface area contributed by atoms with Gasteiger partial charge in [-0.05, 0) is 37.0 Å². The van der Waals surface area contributed by atoms with Crippen LogP contribution >= 0.6 is 12.6 Å². The van der Waals surface area contributed by atoms with E-state index >= 15 is 0 Å². The molecule has 3 heteroatoms. The van der Waals surface area contributed by atoms with Crippen LogP contribution in [0.4, 0.5) is 0 Å². The molecule has 0 bridgehead atoms. The van der Waals surface area contributed by atoms with E-state index in [9.17, 15) is 4.79 Å². The molecular formula is C16H23NOS. The first-order valence-corrected chi connectivity index (χ1v) is 7.62. The van der Waals surface area contributed by atoms with Gasteiger partial charge in [0.25, 0.3) is 5.91 Å². The predicted octanol–water partition coefficient (Wildman–Crippen LogP) is 4.02. The summed E-state index contributed by atoms with van der Waals surface area (Å²) in [5.41, 5.74) is 0.764. The Bertz CT molecular complexity index is 438. The van der Waals surface area contributed by atoms with Crippen LogP contribution in [0.3, 0.4) is 0 Å². The van der Waals surface area contributed by atoms with Crippen LogP contribution in [0.5, 0.6) is 0 Å². The van der Waals surface area contributed by atoms with Crippen molar-refractivity contribution in [3.63, 3.8) is 0 Å². The van der Waals surface area contributed by atoms with Crippen LogP contribution in [0.25, 0.3) is 0 Å². The second kappa shape index (κ2) is 6.47. The van der Waals surface area contributed by atoms with Gasteiger partial charge < -0.3 is 4.90 Å². The quantitative estimate of drug-likeness (QED) is 0.824. The molecule has 1 amide bonds. The molecule has 104 valence electrons. The number of amides is 1. The van der Waals surface area contributed by atoms with Crippen molar-refractivity contribution >= 4 is 18.5 Å². The first kappa shape index (κ1) is 14.4. The van der Waals surface area contributed by atoms with Gasteiger partial charge in [0.1, 0.15) is 0 Å². The third kappa shape index (κ3) is 3.75. The van der Waals surface area contributed by atoms with Crippen molar-refractivity contribution in [3.05, 3.63) is 29.8 Å². The molecule has 1 fully saturated rings. The maximum atomic E-state index is 12.7. The molecule has 19 heavy (non-hydrogen) atoms. The molecule has 2 rings (SSSR count). The van der Waals surface area contributed by atoms with Gasteiger partial charge in [-0.15, -0.1) is 12.6 Å². The molecule has 0 saturated heterocycles. The van der Waals surface area contributed by atoms with Crippen LogP contribution in [0.1, 0.15) is 49.9 Å². The number of hydrogen-bond acceptors (Lipinski definition) is 2.